The molecule has 0 unspecified atom stereocenters. The third-order valence-electron chi connectivity index (χ3n) is 26.4. The van der Waals surface area contributed by atoms with Crippen LogP contribution in [0.15, 0.2) is 217 Å². The third-order valence-corrected chi connectivity index (χ3v) is 26.4. The summed E-state index contributed by atoms with van der Waals surface area (Å²) in [5.74, 6) is 4.51. The molecule has 0 saturated heterocycles. The number of aryl methyl sites for hydroxylation is 8. The van der Waals surface area contributed by atoms with Gasteiger partial charge in [0.1, 0.15) is 0 Å². The predicted octanol–water partition coefficient (Wildman–Crippen LogP) is 34.2. The van der Waals surface area contributed by atoms with Crippen LogP contribution in [0, 0.1) is 115 Å². The zero-order valence-corrected chi connectivity index (χ0v) is 97.9. The molecule has 0 amide bonds. The summed E-state index contributed by atoms with van der Waals surface area (Å²) in [6, 6.07) is 75.1. The molecule has 4 aliphatic carbocycles. The number of ketones is 4. The van der Waals surface area contributed by atoms with Crippen LogP contribution >= 0.6 is 0 Å². The molecule has 4 heterocycles. The number of carbonyl (C=O) groups excluding carboxylic acids is 4. The van der Waals surface area contributed by atoms with E-state index in [-0.39, 0.29) is 150 Å². The first-order chi connectivity index (χ1) is 65.9. The molecule has 4 saturated carbocycles. The number of nitrogens with zero attached hydrogens (tertiary/aromatic N) is 4. The van der Waals surface area contributed by atoms with Gasteiger partial charge >= 0.3 is 0 Å². The van der Waals surface area contributed by atoms with E-state index in [1.54, 1.807) is 0 Å². The molecule has 4 fully saturated rings. The second-order valence-electron chi connectivity index (χ2n) is 40.4. The predicted molar refractivity (Wildman–Crippen MR) is 578 cm³/mol. The maximum absolute atomic E-state index is 11.7. The van der Waals surface area contributed by atoms with Crippen LogP contribution in [-0.2, 0) is 99.6 Å². The first-order valence-electron chi connectivity index (χ1n) is 51.2. The number of allylic oxidation sites excluding steroid dienone is 8. The fourth-order valence-corrected chi connectivity index (χ4v) is 19.5. The van der Waals surface area contributed by atoms with Gasteiger partial charge in [-0.15, -0.1) is 140 Å². The molecule has 4 aromatic heterocycles. The summed E-state index contributed by atoms with van der Waals surface area (Å²) >= 11 is 0. The number of benzene rings is 8. The molecule has 0 aliphatic heterocycles. The Balaban J connectivity index is 0.000000292. The van der Waals surface area contributed by atoms with Gasteiger partial charge in [0.05, 0.1) is 45.1 Å². The van der Waals surface area contributed by atoms with Gasteiger partial charge < -0.3 is 20.4 Å². The average Bonchev–Trinajstić information content (AvgIpc) is 1.38. The van der Waals surface area contributed by atoms with E-state index in [0.29, 0.717) is 24.7 Å². The molecular weight excluding hydrogens is 2470 g/mol. The molecule has 16 rings (SSSR count). The van der Waals surface area contributed by atoms with Gasteiger partial charge in [0.15, 0.2) is 23.1 Å². The van der Waals surface area contributed by atoms with Crippen LogP contribution in [0.2, 0.25) is 0 Å². The Morgan fingerprint density at radius 2 is 0.599 bits per heavy atom. The maximum atomic E-state index is 11.7. The van der Waals surface area contributed by atoms with Gasteiger partial charge in [-0.2, -0.15) is 0 Å². The van der Waals surface area contributed by atoms with E-state index in [0.717, 1.165) is 116 Å². The number of hydrogen-bond acceptors (Lipinski definition) is 12. The average molecular weight is 2620 g/mol. The molecule has 12 nitrogen and oxygen atoms in total. The number of pyridine rings is 4. The van der Waals surface area contributed by atoms with E-state index in [1.165, 1.54) is 229 Å². The van der Waals surface area contributed by atoms with Crippen molar-refractivity contribution in [3.05, 3.63) is 308 Å². The number of carbonyl (C=O) groups is 4. The second kappa shape index (κ2) is 62.0. The van der Waals surface area contributed by atoms with Gasteiger partial charge in [0.2, 0.25) is 0 Å². The van der Waals surface area contributed by atoms with E-state index in [2.05, 4.69) is 250 Å². The van der Waals surface area contributed by atoms with Gasteiger partial charge in [-0.1, -0.05) is 287 Å². The van der Waals surface area contributed by atoms with Crippen molar-refractivity contribution in [3.63, 3.8) is 0 Å². The minimum Gasteiger partial charge on any atom is -0.512 e. The quantitative estimate of drug-likeness (QED) is 0.0254. The summed E-state index contributed by atoms with van der Waals surface area (Å²) in [5.41, 5.74) is 28.6. The van der Waals surface area contributed by atoms with Crippen molar-refractivity contribution in [2.45, 2.75) is 317 Å². The van der Waals surface area contributed by atoms with Gasteiger partial charge in [-0.3, -0.25) is 39.1 Å². The van der Waals surface area contributed by atoms with E-state index in [1.807, 2.05) is 83.1 Å². The molecule has 4 radical (unpaired) electrons. The molecule has 0 bridgehead atoms. The van der Waals surface area contributed by atoms with Crippen LogP contribution in [0.5, 0.6) is 0 Å². The van der Waals surface area contributed by atoms with Crippen LogP contribution in [0.4, 0.5) is 0 Å². The minimum absolute atomic E-state index is 0. The Kier molecular flexibility index (Phi) is 53.8. The molecule has 768 valence electrons. The Labute approximate surface area is 905 Å². The Morgan fingerprint density at radius 3 is 0.817 bits per heavy atom. The maximum Gasteiger partial charge on any atom is 0.162 e. The van der Waals surface area contributed by atoms with E-state index >= 15 is 0 Å². The Hall–Kier alpha value is -9.16. The number of aliphatic hydroxyl groups is 4. The summed E-state index contributed by atoms with van der Waals surface area (Å²) in [5, 5.41) is 42.0. The van der Waals surface area contributed by atoms with E-state index in [4.69, 9.17) is 25.0 Å². The first-order valence-corrected chi connectivity index (χ1v) is 51.2. The molecule has 142 heavy (non-hydrogen) atoms. The number of hydrogen-bond donors (Lipinski definition) is 4. The van der Waals surface area contributed by atoms with Crippen molar-refractivity contribution in [2.24, 2.45) is 35.5 Å². The monoisotopic (exact) mass is 2630 g/mol. The SMILES string of the molecule is CC(=O)C=C(C)O.CC(C)C(=O)C=C(O)C(C)C.CC(C)CC(=O)C=C(O)CC(C)C.CCC(CC)C(=O)C=C(O)C(CC)CC.Cc1[c-]c(-c2ccc3c(C4CCCC4)cccc3n2)cc(C)c1.Cc1[c-]c(-c2ccc3c(C4CCCC4)cccc3n2)cc(C)c1.Cc1[c-]c(-c2ccc3c(C4CCCC4)cccc3n2)cc(C)c1.Cc1[c-]c(-c2ccc3c(C4CCCC4)cccc3n2)cc(C)c1.[Ir].[Ir].[Ir].[Ir]. The molecule has 4 aliphatic rings. The number of rotatable bonds is 24. The number of aliphatic hydroxyl groups excluding tert-OH is 4. The summed E-state index contributed by atoms with van der Waals surface area (Å²) in [6.45, 7) is 43.1. The van der Waals surface area contributed by atoms with Crippen molar-refractivity contribution in [1.82, 2.24) is 19.9 Å². The molecule has 0 atom stereocenters. The molecule has 4 N–H and O–H groups in total. The van der Waals surface area contributed by atoms with Gasteiger partial charge in [-0.25, -0.2) is 0 Å². The summed E-state index contributed by atoms with van der Waals surface area (Å²) < 4.78 is 0. The number of aromatic nitrogens is 4. The Morgan fingerprint density at radius 1 is 0.331 bits per heavy atom. The van der Waals surface area contributed by atoms with Crippen molar-refractivity contribution in [3.8, 4) is 45.0 Å². The molecule has 0 spiro atoms. The second-order valence-corrected chi connectivity index (χ2v) is 40.4. The van der Waals surface area contributed by atoms with Crippen molar-refractivity contribution >= 4 is 66.7 Å². The van der Waals surface area contributed by atoms with Crippen LogP contribution in [0.3, 0.4) is 0 Å². The molecular formula is C126H156Ir4N4O8-4. The third kappa shape index (κ3) is 38.7. The normalized spacial score (nSPS) is 14.0. The topological polar surface area (TPSA) is 201 Å². The van der Waals surface area contributed by atoms with Gasteiger partial charge in [0.25, 0.3) is 0 Å². The smallest absolute Gasteiger partial charge is 0.162 e. The molecule has 16 heteroatoms. The van der Waals surface area contributed by atoms with Gasteiger partial charge in [0, 0.05) is 163 Å². The van der Waals surface area contributed by atoms with Crippen molar-refractivity contribution < 1.29 is 120 Å². The van der Waals surface area contributed by atoms with Crippen LogP contribution < -0.4 is 0 Å². The number of fused-ring (bicyclic) bond motifs is 4. The van der Waals surface area contributed by atoms with Crippen LogP contribution in [0.1, 0.15) is 329 Å². The first kappa shape index (κ1) is 123. The summed E-state index contributed by atoms with van der Waals surface area (Å²) in [4.78, 5) is 63.7. The minimum atomic E-state index is -0.125. The fourth-order valence-electron chi connectivity index (χ4n) is 19.5. The standard InChI is InChI=1S/4C22H22N.C13H24O2.C11H20O2.C9H16O2.C5H8O2.4Ir/c4*1-15-12-16(2)14-18(13-15)21-11-10-20-19(17-6-3-4-7-17)8-5-9-22(20)23-21;1-5-10(6-2)12(14)9-13(15)11(7-3)8-4;1-8(2)5-10(12)7-11(13)6-9(3)4;1-6(2)8(10)5-9(11)7(3)4;1-4(6)3-5(2)7;;;;/h4*5,8-13,17H,3-4,6-7H2,1-2H3;9-11,14H,5-8H2,1-4H3;7-9,12H,5-6H2,1-4H3;5-7,10H,1-4H3;3,6H,1-2H3;;;;/q4*-1;;;;;;;;. The molecule has 8 aromatic carbocycles. The van der Waals surface area contributed by atoms with E-state index in [9.17, 15) is 34.5 Å². The zero-order valence-electron chi connectivity index (χ0n) is 88.3. The summed E-state index contributed by atoms with van der Waals surface area (Å²) in [7, 11) is 0. The molecule has 12 aromatic rings. The fraction of sp³-hybridized carbons (Fsp3) is 0.429. The van der Waals surface area contributed by atoms with E-state index < -0.39 is 0 Å². The van der Waals surface area contributed by atoms with Crippen LogP contribution in [-0.4, -0.2) is 63.5 Å². The Bertz CT molecular complexity index is 5520. The largest absolute Gasteiger partial charge is 0.512 e. The van der Waals surface area contributed by atoms with Crippen molar-refractivity contribution in [1.29, 1.82) is 0 Å². The van der Waals surface area contributed by atoms with Crippen LogP contribution in [0.25, 0.3) is 88.6 Å². The van der Waals surface area contributed by atoms with Gasteiger partial charge in [-0.05, 0) is 196 Å². The zero-order chi connectivity index (χ0) is 100. The summed E-state index contributed by atoms with van der Waals surface area (Å²) in [6.07, 6.45) is 31.4. The van der Waals surface area contributed by atoms with Crippen molar-refractivity contribution in [2.75, 3.05) is 0 Å².